The summed E-state index contributed by atoms with van der Waals surface area (Å²) >= 11 is 0. The number of piperidine rings is 1. The number of nitrogens with one attached hydrogen (secondary N) is 3. The van der Waals surface area contributed by atoms with Crippen LogP contribution in [-0.2, 0) is 46.5 Å². The molecule has 1 saturated heterocycles. The van der Waals surface area contributed by atoms with Gasteiger partial charge in [0, 0.05) is 42.9 Å². The zero-order chi connectivity index (χ0) is 33.3. The Bertz CT molecular complexity index is 1370. The van der Waals surface area contributed by atoms with Gasteiger partial charge in [-0.05, 0) is 55.5 Å². The highest BCUT2D eigenvalue weighted by atomic mass is 16.5. The number of amides is 5. The Balaban J connectivity index is 0.968. The first-order valence-electron chi connectivity index (χ1n) is 16.1. The summed E-state index contributed by atoms with van der Waals surface area (Å²) in [6, 6.07) is 12.1. The normalized spacial score (nSPS) is 15.7. The number of anilines is 1. The molecular weight excluding hydrogens is 608 g/mol. The molecule has 1 fully saturated rings. The third-order valence-electron chi connectivity index (χ3n) is 7.81. The third kappa shape index (κ3) is 11.5. The van der Waals surface area contributed by atoms with Gasteiger partial charge in [-0.1, -0.05) is 24.6 Å². The predicted octanol–water partition coefficient (Wildman–Crippen LogP) is 2.71. The Kier molecular flexibility index (Phi) is 14.6. The molecule has 1 atom stereocenters. The van der Waals surface area contributed by atoms with Crippen molar-refractivity contribution in [3.05, 3.63) is 59.2 Å². The van der Waals surface area contributed by atoms with Gasteiger partial charge in [0.2, 0.25) is 24.1 Å². The zero-order valence-electron chi connectivity index (χ0n) is 26.6. The van der Waals surface area contributed by atoms with Crippen LogP contribution in [0.25, 0.3) is 0 Å². The molecular formula is C34H44N4O9. The Morgan fingerprint density at radius 2 is 1.62 bits per heavy atom. The second-order valence-electron chi connectivity index (χ2n) is 11.3. The number of imide groups is 1. The average molecular weight is 653 g/mol. The van der Waals surface area contributed by atoms with Crippen LogP contribution in [0.1, 0.15) is 66.4 Å². The molecule has 2 aromatic rings. The smallest absolute Gasteiger partial charge is 0.255 e. The number of fused-ring (bicyclic) bond motifs is 1. The lowest BCUT2D eigenvalue weighted by molar-refractivity contribution is -0.137. The summed E-state index contributed by atoms with van der Waals surface area (Å²) in [6.07, 6.45) is 5.32. The van der Waals surface area contributed by atoms with Crippen LogP contribution in [-0.4, -0.2) is 87.2 Å². The molecule has 0 saturated carbocycles. The van der Waals surface area contributed by atoms with E-state index in [9.17, 15) is 24.0 Å². The molecule has 254 valence electrons. The largest absolute Gasteiger partial charge is 0.494 e. The van der Waals surface area contributed by atoms with Crippen molar-refractivity contribution < 1.29 is 42.9 Å². The Morgan fingerprint density at radius 1 is 0.894 bits per heavy atom. The molecule has 0 spiro atoms. The Labute approximate surface area is 274 Å². The number of rotatable bonds is 22. The first kappa shape index (κ1) is 35.5. The molecule has 0 radical (unpaired) electrons. The van der Waals surface area contributed by atoms with Gasteiger partial charge in [-0.25, -0.2) is 0 Å². The summed E-state index contributed by atoms with van der Waals surface area (Å²) < 4.78 is 22.5. The van der Waals surface area contributed by atoms with Crippen LogP contribution in [0.15, 0.2) is 42.5 Å². The minimum absolute atomic E-state index is 0.136. The lowest BCUT2D eigenvalue weighted by atomic mass is 10.0. The summed E-state index contributed by atoms with van der Waals surface area (Å²) in [6.45, 7) is 3.94. The van der Waals surface area contributed by atoms with E-state index in [1.165, 1.54) is 4.90 Å². The number of ether oxygens (including phenoxy) is 4. The first-order valence-corrected chi connectivity index (χ1v) is 16.1. The van der Waals surface area contributed by atoms with Crippen LogP contribution in [0.5, 0.6) is 5.75 Å². The topological polar surface area (TPSA) is 162 Å². The van der Waals surface area contributed by atoms with Gasteiger partial charge in [-0.2, -0.15) is 0 Å². The summed E-state index contributed by atoms with van der Waals surface area (Å²) in [5.41, 5.74) is 2.62. The average Bonchev–Trinajstić information content (AvgIpc) is 3.40. The number of hydrogen-bond acceptors (Lipinski definition) is 9. The summed E-state index contributed by atoms with van der Waals surface area (Å²) in [4.78, 5) is 61.2. The van der Waals surface area contributed by atoms with Crippen LogP contribution >= 0.6 is 0 Å². The van der Waals surface area contributed by atoms with E-state index in [-0.39, 0.29) is 50.1 Å². The van der Waals surface area contributed by atoms with E-state index < -0.39 is 11.9 Å². The molecule has 13 nitrogen and oxygen atoms in total. The molecule has 5 amide bonds. The number of benzene rings is 2. The maximum absolute atomic E-state index is 13.0. The second kappa shape index (κ2) is 19.4. The van der Waals surface area contributed by atoms with Gasteiger partial charge in [0.25, 0.3) is 5.91 Å². The van der Waals surface area contributed by atoms with Gasteiger partial charge in [0.1, 0.15) is 11.8 Å². The second-order valence-corrected chi connectivity index (χ2v) is 11.3. The van der Waals surface area contributed by atoms with Gasteiger partial charge in [-0.3, -0.25) is 29.3 Å². The van der Waals surface area contributed by atoms with Crippen molar-refractivity contribution in [3.8, 4) is 5.75 Å². The van der Waals surface area contributed by atoms with Crippen molar-refractivity contribution in [1.29, 1.82) is 0 Å². The lowest BCUT2D eigenvalue weighted by Gasteiger charge is -2.29. The fraction of sp³-hybridized carbons (Fsp3) is 0.500. The molecule has 2 aliphatic rings. The fourth-order valence-electron chi connectivity index (χ4n) is 5.38. The van der Waals surface area contributed by atoms with E-state index in [2.05, 4.69) is 16.0 Å². The van der Waals surface area contributed by atoms with Crippen molar-refractivity contribution in [2.45, 2.75) is 64.1 Å². The molecule has 2 aliphatic heterocycles. The third-order valence-corrected chi connectivity index (χ3v) is 7.81. The van der Waals surface area contributed by atoms with Crippen molar-refractivity contribution in [2.24, 2.45) is 0 Å². The highest BCUT2D eigenvalue weighted by Gasteiger charge is 2.39. The molecule has 2 aromatic carbocycles. The molecule has 0 aromatic heterocycles. The molecule has 2 heterocycles. The van der Waals surface area contributed by atoms with Crippen LogP contribution < -0.4 is 20.7 Å². The van der Waals surface area contributed by atoms with Gasteiger partial charge in [-0.15, -0.1) is 0 Å². The van der Waals surface area contributed by atoms with E-state index in [1.807, 2.05) is 24.3 Å². The van der Waals surface area contributed by atoms with Gasteiger partial charge in [0.05, 0.1) is 46.1 Å². The van der Waals surface area contributed by atoms with Crippen LogP contribution in [0.3, 0.4) is 0 Å². The van der Waals surface area contributed by atoms with E-state index in [0.717, 1.165) is 37.0 Å². The quantitative estimate of drug-likeness (QED) is 0.0987. The minimum atomic E-state index is -0.712. The number of unbranched alkanes of at least 4 members (excludes halogenated alkanes) is 3. The summed E-state index contributed by atoms with van der Waals surface area (Å²) in [7, 11) is 0. The maximum Gasteiger partial charge on any atom is 0.255 e. The van der Waals surface area contributed by atoms with Crippen molar-refractivity contribution in [2.75, 3.05) is 51.6 Å². The van der Waals surface area contributed by atoms with E-state index in [4.69, 9.17) is 18.9 Å². The summed E-state index contributed by atoms with van der Waals surface area (Å²) in [5.74, 6) is -0.543. The number of carbonyl (C=O) groups is 5. The first-order chi connectivity index (χ1) is 23.0. The zero-order valence-corrected chi connectivity index (χ0v) is 26.6. The lowest BCUT2D eigenvalue weighted by Crippen LogP contribution is -2.52. The SMILES string of the molecule is O=CNCc1cccc(OCCCCCCOCCOCCOCCC(=O)Nc2cccc3c2CN(C2CCC(=O)NC2=O)C3=O)c1. The molecule has 0 aliphatic carbocycles. The van der Waals surface area contributed by atoms with Crippen molar-refractivity contribution in [1.82, 2.24) is 15.5 Å². The molecule has 13 heteroatoms. The van der Waals surface area contributed by atoms with E-state index >= 15 is 0 Å². The molecule has 1 unspecified atom stereocenters. The number of hydrogen-bond donors (Lipinski definition) is 3. The van der Waals surface area contributed by atoms with E-state index in [1.54, 1.807) is 18.2 Å². The predicted molar refractivity (Wildman–Crippen MR) is 171 cm³/mol. The Morgan fingerprint density at radius 3 is 2.38 bits per heavy atom. The van der Waals surface area contributed by atoms with Crippen LogP contribution in [0.4, 0.5) is 5.69 Å². The fourth-order valence-corrected chi connectivity index (χ4v) is 5.38. The standard InChI is InChI=1S/C34H44N4O9/c39-24-35-22-25-7-5-8-26(21-25)47-15-4-2-1-3-14-44-17-19-46-20-18-45-16-13-32(41)36-29-10-6-9-27-28(29)23-38(34(27)43)30-11-12-31(40)37-33(30)42/h5-10,21,24,30H,1-4,11-20,22-23H2,(H,35,39)(H,36,41)(H,37,40,42). The van der Waals surface area contributed by atoms with Gasteiger partial charge in [0.15, 0.2) is 0 Å². The molecule has 3 N–H and O–H groups in total. The Hall–Kier alpha value is -4.33. The minimum Gasteiger partial charge on any atom is -0.494 e. The monoisotopic (exact) mass is 652 g/mol. The van der Waals surface area contributed by atoms with Gasteiger partial charge >= 0.3 is 0 Å². The molecule has 4 rings (SSSR count). The van der Waals surface area contributed by atoms with E-state index in [0.29, 0.717) is 69.4 Å². The van der Waals surface area contributed by atoms with Crippen LogP contribution in [0, 0.1) is 0 Å². The highest BCUT2D eigenvalue weighted by molar-refractivity contribution is 6.06. The van der Waals surface area contributed by atoms with Crippen molar-refractivity contribution >= 4 is 35.7 Å². The summed E-state index contributed by atoms with van der Waals surface area (Å²) in [5, 5.41) is 7.79. The maximum atomic E-state index is 13.0. The molecule has 47 heavy (non-hydrogen) atoms. The number of nitrogens with zero attached hydrogens (tertiary/aromatic N) is 1. The highest BCUT2D eigenvalue weighted by Crippen LogP contribution is 2.32. The van der Waals surface area contributed by atoms with Crippen molar-refractivity contribution in [3.63, 3.8) is 0 Å². The van der Waals surface area contributed by atoms with Gasteiger partial charge < -0.3 is 34.5 Å². The number of carbonyl (C=O) groups excluding carboxylic acids is 5. The molecule has 0 bridgehead atoms. The van der Waals surface area contributed by atoms with Crippen LogP contribution in [0.2, 0.25) is 0 Å².